The molecule has 0 bridgehead atoms. The van der Waals surface area contributed by atoms with Crippen LogP contribution in [0, 0.1) is 0 Å². The van der Waals surface area contributed by atoms with E-state index >= 15 is 0 Å². The second kappa shape index (κ2) is 7.51. The van der Waals surface area contributed by atoms with Crippen LogP contribution < -0.4 is 5.32 Å². The number of carbonyl (C=O) groups is 1. The maximum atomic E-state index is 11.9. The first-order valence-electron chi connectivity index (χ1n) is 6.67. The molecule has 0 radical (unpaired) electrons. The summed E-state index contributed by atoms with van der Waals surface area (Å²) in [5.74, 6) is 0.733. The van der Waals surface area contributed by atoms with E-state index in [9.17, 15) is 4.79 Å². The third-order valence-electron chi connectivity index (χ3n) is 3.63. The average Bonchev–Trinajstić information content (AvgIpc) is 2.40. The predicted octanol–water partition coefficient (Wildman–Crippen LogP) is 2.21. The van der Waals surface area contributed by atoms with Crippen LogP contribution in [0.2, 0.25) is 0 Å². The molecule has 3 nitrogen and oxygen atoms in total. The maximum Gasteiger partial charge on any atom is 0.226 e. The lowest BCUT2D eigenvalue weighted by Gasteiger charge is -2.25. The van der Waals surface area contributed by atoms with Gasteiger partial charge < -0.3 is 10.2 Å². The van der Waals surface area contributed by atoms with Crippen molar-refractivity contribution in [1.82, 2.24) is 10.2 Å². The average molecular weight is 283 g/mol. The van der Waals surface area contributed by atoms with Crippen LogP contribution in [0.25, 0.3) is 0 Å². The van der Waals surface area contributed by atoms with Gasteiger partial charge in [0.25, 0.3) is 0 Å². The van der Waals surface area contributed by atoms with Crippen molar-refractivity contribution in [3.8, 4) is 0 Å². The van der Waals surface area contributed by atoms with Gasteiger partial charge in [0.2, 0.25) is 5.91 Å². The number of hydrogen-bond donors (Lipinski definition) is 1. The van der Waals surface area contributed by atoms with E-state index < -0.39 is 0 Å². The van der Waals surface area contributed by atoms with Crippen molar-refractivity contribution in [2.24, 2.45) is 0 Å². The fraction of sp³-hybridized carbons (Fsp3) is 0.533. The third kappa shape index (κ3) is 4.22. The zero-order valence-corrected chi connectivity index (χ0v) is 12.5. The molecule has 0 aromatic heterocycles. The van der Waals surface area contributed by atoms with Crippen LogP contribution in [0.1, 0.15) is 29.9 Å². The number of nitrogens with zero attached hydrogens (tertiary/aromatic N) is 1. The number of halogens is 1. The zero-order chi connectivity index (χ0) is 13.0. The first-order chi connectivity index (χ1) is 8.68. The second-order valence-corrected chi connectivity index (χ2v) is 5.21. The van der Waals surface area contributed by atoms with Crippen molar-refractivity contribution in [2.45, 2.75) is 25.2 Å². The summed E-state index contributed by atoms with van der Waals surface area (Å²) in [4.78, 5) is 13.5. The Labute approximate surface area is 121 Å². The molecule has 0 aliphatic carbocycles. The van der Waals surface area contributed by atoms with Gasteiger partial charge in [-0.2, -0.15) is 0 Å². The van der Waals surface area contributed by atoms with Gasteiger partial charge in [-0.15, -0.1) is 12.4 Å². The zero-order valence-electron chi connectivity index (χ0n) is 11.7. The Kier molecular flexibility index (Phi) is 6.32. The minimum Gasteiger partial charge on any atom is -0.349 e. The molecule has 1 aliphatic heterocycles. The number of hydrogen-bond acceptors (Lipinski definition) is 2. The normalized spacial score (nSPS) is 18.5. The van der Waals surface area contributed by atoms with Gasteiger partial charge in [-0.05, 0) is 36.4 Å². The number of likely N-dealkylation sites (N-methyl/N-ethyl adjacent to an activating group) is 1. The van der Waals surface area contributed by atoms with Crippen LogP contribution >= 0.6 is 12.4 Å². The standard InChI is InChI=1S/C15H22N2O.ClH/c1-17(2)15(18)10-12-6-3-4-8-14(12)13-7-5-9-16-11-13;/h3-4,6,8,13,16H,5,7,9-11H2,1-2H3;1H. The Morgan fingerprint density at radius 2 is 2.11 bits per heavy atom. The molecule has 1 aromatic carbocycles. The van der Waals surface area contributed by atoms with Gasteiger partial charge in [-0.25, -0.2) is 0 Å². The summed E-state index contributed by atoms with van der Waals surface area (Å²) in [5, 5.41) is 3.44. The van der Waals surface area contributed by atoms with Crippen molar-refractivity contribution in [2.75, 3.05) is 27.2 Å². The van der Waals surface area contributed by atoms with Crippen LogP contribution in [-0.2, 0) is 11.2 Å². The van der Waals surface area contributed by atoms with Gasteiger partial charge in [-0.3, -0.25) is 4.79 Å². The number of carbonyl (C=O) groups excluding carboxylic acids is 1. The summed E-state index contributed by atoms with van der Waals surface area (Å²) in [6.45, 7) is 2.16. The predicted molar refractivity (Wildman–Crippen MR) is 80.9 cm³/mol. The first kappa shape index (κ1) is 16.0. The lowest BCUT2D eigenvalue weighted by molar-refractivity contribution is -0.127. The lowest BCUT2D eigenvalue weighted by Crippen LogP contribution is -2.29. The minimum absolute atomic E-state index is 0. The van der Waals surface area contributed by atoms with Gasteiger partial charge in [0.15, 0.2) is 0 Å². The van der Waals surface area contributed by atoms with E-state index in [4.69, 9.17) is 0 Å². The van der Waals surface area contributed by atoms with Gasteiger partial charge in [0.1, 0.15) is 0 Å². The summed E-state index contributed by atoms with van der Waals surface area (Å²) < 4.78 is 0. The van der Waals surface area contributed by atoms with Crippen LogP contribution in [0.3, 0.4) is 0 Å². The highest BCUT2D eigenvalue weighted by Gasteiger charge is 2.19. The van der Waals surface area contributed by atoms with Crippen molar-refractivity contribution in [3.05, 3.63) is 35.4 Å². The van der Waals surface area contributed by atoms with Crippen LogP contribution in [0.5, 0.6) is 0 Å². The summed E-state index contributed by atoms with van der Waals surface area (Å²) in [5.41, 5.74) is 2.53. The van der Waals surface area contributed by atoms with Gasteiger partial charge in [0, 0.05) is 20.6 Å². The smallest absolute Gasteiger partial charge is 0.226 e. The Bertz CT molecular complexity index is 414. The van der Waals surface area contributed by atoms with Crippen molar-refractivity contribution >= 4 is 18.3 Å². The Morgan fingerprint density at radius 3 is 2.74 bits per heavy atom. The topological polar surface area (TPSA) is 32.3 Å². The highest BCUT2D eigenvalue weighted by Crippen LogP contribution is 2.26. The van der Waals surface area contributed by atoms with E-state index in [2.05, 4.69) is 23.5 Å². The van der Waals surface area contributed by atoms with E-state index in [1.165, 1.54) is 24.0 Å². The number of amides is 1. The molecule has 0 saturated carbocycles. The molecule has 0 spiro atoms. The van der Waals surface area contributed by atoms with E-state index in [-0.39, 0.29) is 18.3 Å². The Morgan fingerprint density at radius 1 is 1.37 bits per heavy atom. The van der Waals surface area contributed by atoms with Crippen LogP contribution in [0.4, 0.5) is 0 Å². The number of rotatable bonds is 3. The molecular formula is C15H23ClN2O. The molecule has 1 atom stereocenters. The molecule has 4 heteroatoms. The molecule has 1 aromatic rings. The van der Waals surface area contributed by atoms with Crippen LogP contribution in [-0.4, -0.2) is 38.0 Å². The minimum atomic E-state index is 0. The molecule has 1 aliphatic rings. The fourth-order valence-corrected chi connectivity index (χ4v) is 2.53. The summed E-state index contributed by atoms with van der Waals surface area (Å²) in [7, 11) is 3.63. The van der Waals surface area contributed by atoms with Crippen molar-refractivity contribution < 1.29 is 4.79 Å². The SMILES string of the molecule is CN(C)C(=O)Cc1ccccc1C1CCCNC1.Cl. The molecule has 2 rings (SSSR count). The molecule has 1 saturated heterocycles. The van der Waals surface area contributed by atoms with Crippen molar-refractivity contribution in [1.29, 1.82) is 0 Å². The van der Waals surface area contributed by atoms with Gasteiger partial charge in [0.05, 0.1) is 6.42 Å². The number of benzene rings is 1. The summed E-state index contributed by atoms with van der Waals surface area (Å²) in [6.07, 6.45) is 2.96. The molecule has 106 valence electrons. The monoisotopic (exact) mass is 282 g/mol. The lowest BCUT2D eigenvalue weighted by atomic mass is 9.87. The first-order valence-corrected chi connectivity index (χ1v) is 6.67. The second-order valence-electron chi connectivity index (χ2n) is 5.21. The van der Waals surface area contributed by atoms with Crippen molar-refractivity contribution in [3.63, 3.8) is 0 Å². The molecule has 1 amide bonds. The van der Waals surface area contributed by atoms with E-state index in [1.54, 1.807) is 4.90 Å². The van der Waals surface area contributed by atoms with E-state index in [0.717, 1.165) is 13.1 Å². The largest absolute Gasteiger partial charge is 0.349 e. The Balaban J connectivity index is 0.00000180. The molecule has 1 fully saturated rings. The molecule has 19 heavy (non-hydrogen) atoms. The fourth-order valence-electron chi connectivity index (χ4n) is 2.53. The molecule has 1 unspecified atom stereocenters. The highest BCUT2D eigenvalue weighted by atomic mass is 35.5. The molecular weight excluding hydrogens is 260 g/mol. The highest BCUT2D eigenvalue weighted by molar-refractivity contribution is 5.85. The number of piperidine rings is 1. The van der Waals surface area contributed by atoms with Gasteiger partial charge in [-0.1, -0.05) is 24.3 Å². The summed E-state index contributed by atoms with van der Waals surface area (Å²) >= 11 is 0. The molecule has 1 heterocycles. The molecule has 1 N–H and O–H groups in total. The van der Waals surface area contributed by atoms with Gasteiger partial charge >= 0.3 is 0 Å². The maximum absolute atomic E-state index is 11.9. The summed E-state index contributed by atoms with van der Waals surface area (Å²) in [6, 6.07) is 8.37. The quantitative estimate of drug-likeness (QED) is 0.922. The van der Waals surface area contributed by atoms with Crippen LogP contribution in [0.15, 0.2) is 24.3 Å². The number of nitrogens with one attached hydrogen (secondary N) is 1. The van der Waals surface area contributed by atoms with E-state index in [0.29, 0.717) is 12.3 Å². The van der Waals surface area contributed by atoms with E-state index in [1.807, 2.05) is 20.2 Å². The third-order valence-corrected chi connectivity index (χ3v) is 3.63. The Hall–Kier alpha value is -1.06.